The zero-order valence-corrected chi connectivity index (χ0v) is 9.90. The quantitative estimate of drug-likeness (QED) is 0.860. The van der Waals surface area contributed by atoms with Gasteiger partial charge < -0.3 is 10.5 Å². The Morgan fingerprint density at radius 2 is 2.19 bits per heavy atom. The van der Waals surface area contributed by atoms with Gasteiger partial charge in [0.2, 0.25) is 0 Å². The second-order valence-electron chi connectivity index (χ2n) is 4.05. The first-order valence-corrected chi connectivity index (χ1v) is 5.43. The summed E-state index contributed by atoms with van der Waals surface area (Å²) >= 11 is 0. The summed E-state index contributed by atoms with van der Waals surface area (Å²) in [6.45, 7) is 4.68. The van der Waals surface area contributed by atoms with E-state index in [1.807, 2.05) is 22.9 Å². The maximum absolute atomic E-state index is 5.79. The molecule has 2 aromatic rings. The van der Waals surface area contributed by atoms with Gasteiger partial charge in [0.25, 0.3) is 0 Å². The van der Waals surface area contributed by atoms with Crippen molar-refractivity contribution in [2.45, 2.75) is 26.4 Å². The van der Waals surface area contributed by atoms with E-state index in [2.05, 4.69) is 18.9 Å². The first kappa shape index (κ1) is 11.0. The van der Waals surface area contributed by atoms with Gasteiger partial charge in [0.05, 0.1) is 12.8 Å². The van der Waals surface area contributed by atoms with Crippen LogP contribution >= 0.6 is 0 Å². The normalized spacial score (nSPS) is 11.3. The minimum absolute atomic E-state index is 0.302. The predicted molar refractivity (Wildman–Crippen MR) is 64.6 cm³/mol. The number of hydrogen-bond acceptors (Lipinski definition) is 3. The number of aromatic nitrogens is 2. The van der Waals surface area contributed by atoms with Gasteiger partial charge in [-0.15, -0.1) is 0 Å². The van der Waals surface area contributed by atoms with E-state index in [4.69, 9.17) is 10.5 Å². The van der Waals surface area contributed by atoms with Crippen LogP contribution in [0.15, 0.2) is 18.2 Å². The predicted octanol–water partition coefficient (Wildman–Crippen LogP) is 2.08. The Bertz CT molecular complexity index is 502. The maximum Gasteiger partial charge on any atom is 0.146 e. The number of nitrogens with two attached hydrogens (primary N) is 1. The summed E-state index contributed by atoms with van der Waals surface area (Å²) in [6, 6.07) is 6.22. The van der Waals surface area contributed by atoms with Gasteiger partial charge in [0, 0.05) is 18.0 Å². The number of methoxy groups -OCH3 is 1. The molecule has 0 bridgehead atoms. The Kier molecular flexibility index (Phi) is 2.83. The van der Waals surface area contributed by atoms with Crippen molar-refractivity contribution >= 4 is 10.9 Å². The molecule has 0 saturated carbocycles. The molecule has 0 aliphatic rings. The fraction of sp³-hybridized carbons (Fsp3) is 0.417. The van der Waals surface area contributed by atoms with Crippen LogP contribution < -0.4 is 10.5 Å². The van der Waals surface area contributed by atoms with E-state index in [1.165, 1.54) is 0 Å². The molecule has 1 heterocycles. The minimum atomic E-state index is 0.302. The average molecular weight is 219 g/mol. The summed E-state index contributed by atoms with van der Waals surface area (Å²) < 4.78 is 7.27. The van der Waals surface area contributed by atoms with Crippen LogP contribution in [0.5, 0.6) is 5.75 Å². The number of benzene rings is 1. The van der Waals surface area contributed by atoms with Crippen LogP contribution in [-0.2, 0) is 6.54 Å². The van der Waals surface area contributed by atoms with Crippen LogP contribution in [0, 0.1) is 0 Å². The minimum Gasteiger partial charge on any atom is -0.494 e. The average Bonchev–Trinajstić information content (AvgIpc) is 2.67. The summed E-state index contributed by atoms with van der Waals surface area (Å²) in [7, 11) is 1.66. The zero-order valence-electron chi connectivity index (χ0n) is 9.90. The van der Waals surface area contributed by atoms with Crippen LogP contribution in [0.2, 0.25) is 0 Å². The number of rotatable bonds is 3. The molecule has 2 rings (SSSR count). The lowest BCUT2D eigenvalue weighted by molar-refractivity contribution is 0.417. The van der Waals surface area contributed by atoms with Crippen molar-refractivity contribution in [2.75, 3.05) is 7.11 Å². The van der Waals surface area contributed by atoms with Crippen molar-refractivity contribution in [3.05, 3.63) is 23.9 Å². The highest BCUT2D eigenvalue weighted by molar-refractivity contribution is 5.87. The third-order valence-corrected chi connectivity index (χ3v) is 2.70. The first-order chi connectivity index (χ1) is 7.69. The summed E-state index contributed by atoms with van der Waals surface area (Å²) in [5, 5.41) is 5.64. The van der Waals surface area contributed by atoms with Crippen LogP contribution in [0.1, 0.15) is 25.6 Å². The summed E-state index contributed by atoms with van der Waals surface area (Å²) in [4.78, 5) is 0. The van der Waals surface area contributed by atoms with E-state index in [0.29, 0.717) is 12.6 Å². The lowest BCUT2D eigenvalue weighted by Crippen LogP contribution is -2.10. The molecule has 4 heteroatoms. The van der Waals surface area contributed by atoms with Gasteiger partial charge in [-0.05, 0) is 19.9 Å². The fourth-order valence-corrected chi connectivity index (χ4v) is 1.95. The second kappa shape index (κ2) is 4.14. The first-order valence-electron chi connectivity index (χ1n) is 5.43. The van der Waals surface area contributed by atoms with Crippen LogP contribution in [0.4, 0.5) is 0 Å². The van der Waals surface area contributed by atoms with Crippen molar-refractivity contribution < 1.29 is 4.74 Å². The Labute approximate surface area is 95.0 Å². The Morgan fingerprint density at radius 3 is 2.75 bits per heavy atom. The fourth-order valence-electron chi connectivity index (χ4n) is 1.95. The monoisotopic (exact) mass is 219 g/mol. The Hall–Kier alpha value is -1.55. The molecule has 0 aliphatic heterocycles. The standard InChI is InChI=1S/C12H17N3O/c1-8(2)15-10(7-13)9-5-4-6-11(16-3)12(9)14-15/h4-6,8H,7,13H2,1-3H3. The molecule has 0 aliphatic carbocycles. The van der Waals surface area contributed by atoms with Gasteiger partial charge >= 0.3 is 0 Å². The molecule has 0 spiro atoms. The molecule has 0 atom stereocenters. The van der Waals surface area contributed by atoms with Crippen LogP contribution in [0.3, 0.4) is 0 Å². The van der Waals surface area contributed by atoms with E-state index in [0.717, 1.165) is 22.3 Å². The third-order valence-electron chi connectivity index (χ3n) is 2.70. The smallest absolute Gasteiger partial charge is 0.146 e. The number of fused-ring (bicyclic) bond motifs is 1. The number of ether oxygens (including phenoxy) is 1. The molecular weight excluding hydrogens is 202 g/mol. The van der Waals surface area contributed by atoms with Crippen molar-refractivity contribution in [1.82, 2.24) is 9.78 Å². The molecule has 1 aromatic heterocycles. The molecule has 4 nitrogen and oxygen atoms in total. The molecule has 0 radical (unpaired) electrons. The molecular formula is C12H17N3O. The van der Waals surface area contributed by atoms with E-state index >= 15 is 0 Å². The van der Waals surface area contributed by atoms with Crippen LogP contribution in [0.25, 0.3) is 10.9 Å². The number of nitrogens with zero attached hydrogens (tertiary/aromatic N) is 2. The highest BCUT2D eigenvalue weighted by Gasteiger charge is 2.14. The maximum atomic E-state index is 5.79. The third kappa shape index (κ3) is 1.55. The second-order valence-corrected chi connectivity index (χ2v) is 4.05. The van der Waals surface area contributed by atoms with Gasteiger partial charge in [-0.1, -0.05) is 12.1 Å². The lowest BCUT2D eigenvalue weighted by atomic mass is 10.2. The Balaban J connectivity index is 2.75. The van der Waals surface area contributed by atoms with Gasteiger partial charge in [-0.3, -0.25) is 4.68 Å². The van der Waals surface area contributed by atoms with Gasteiger partial charge in [0.15, 0.2) is 0 Å². The highest BCUT2D eigenvalue weighted by atomic mass is 16.5. The number of hydrogen-bond donors (Lipinski definition) is 1. The van der Waals surface area contributed by atoms with Crippen LogP contribution in [-0.4, -0.2) is 16.9 Å². The molecule has 1 aromatic carbocycles. The van der Waals surface area contributed by atoms with E-state index < -0.39 is 0 Å². The van der Waals surface area contributed by atoms with Crippen molar-refractivity contribution in [2.24, 2.45) is 5.73 Å². The van der Waals surface area contributed by atoms with E-state index in [1.54, 1.807) is 7.11 Å². The molecule has 2 N–H and O–H groups in total. The van der Waals surface area contributed by atoms with Crippen molar-refractivity contribution in [1.29, 1.82) is 0 Å². The summed E-state index contributed by atoms with van der Waals surface area (Å²) in [5.41, 5.74) is 7.74. The SMILES string of the molecule is COc1cccc2c(CN)n(C(C)C)nc12. The van der Waals surface area contributed by atoms with Gasteiger partial charge in [-0.2, -0.15) is 5.10 Å². The molecule has 0 fully saturated rings. The van der Waals surface area contributed by atoms with Crippen molar-refractivity contribution in [3.63, 3.8) is 0 Å². The summed E-state index contributed by atoms with van der Waals surface area (Å²) in [5.74, 6) is 0.798. The Morgan fingerprint density at radius 1 is 1.44 bits per heavy atom. The topological polar surface area (TPSA) is 53.1 Å². The molecule has 0 amide bonds. The van der Waals surface area contributed by atoms with Gasteiger partial charge in [0.1, 0.15) is 11.3 Å². The van der Waals surface area contributed by atoms with E-state index in [9.17, 15) is 0 Å². The molecule has 0 saturated heterocycles. The molecule has 16 heavy (non-hydrogen) atoms. The summed E-state index contributed by atoms with van der Waals surface area (Å²) in [6.07, 6.45) is 0. The highest BCUT2D eigenvalue weighted by Crippen LogP contribution is 2.28. The van der Waals surface area contributed by atoms with Gasteiger partial charge in [-0.25, -0.2) is 0 Å². The zero-order chi connectivity index (χ0) is 11.7. The van der Waals surface area contributed by atoms with Crippen molar-refractivity contribution in [3.8, 4) is 5.75 Å². The lowest BCUT2D eigenvalue weighted by Gasteiger charge is -2.08. The molecule has 86 valence electrons. The molecule has 0 unspecified atom stereocenters. The van der Waals surface area contributed by atoms with E-state index in [-0.39, 0.29) is 0 Å². The largest absolute Gasteiger partial charge is 0.494 e.